The summed E-state index contributed by atoms with van der Waals surface area (Å²) in [5, 5.41) is 25.6. The molecule has 5 rings (SSSR count). The highest BCUT2D eigenvalue weighted by Gasteiger charge is 2.44. The molecule has 0 fully saturated rings. The van der Waals surface area contributed by atoms with Crippen LogP contribution in [0.25, 0.3) is 16.5 Å². The Labute approximate surface area is 206 Å². The Morgan fingerprint density at radius 2 is 1.80 bits per heavy atom. The van der Waals surface area contributed by atoms with E-state index in [4.69, 9.17) is 21.9 Å². The number of nitrogens with two attached hydrogens (primary N) is 2. The first-order valence-corrected chi connectivity index (χ1v) is 14.0. The molecule has 2 aliphatic rings. The molecule has 0 saturated heterocycles. The van der Waals surface area contributed by atoms with Gasteiger partial charge in [-0.3, -0.25) is 0 Å². The minimum Gasteiger partial charge on any atom is -0.410 e. The van der Waals surface area contributed by atoms with Crippen molar-refractivity contribution in [2.45, 2.75) is 28.9 Å². The molecule has 6 N–H and O–H groups in total. The fraction of sp³-hybridized carbons (Fsp3) is 0.174. The number of aryl methyl sites for hydroxylation is 1. The van der Waals surface area contributed by atoms with Crippen molar-refractivity contribution in [3.05, 3.63) is 82.0 Å². The maximum atomic E-state index is 12.9. The number of H-pyrrole nitrogens is 1. The fourth-order valence-corrected chi connectivity index (χ4v) is 6.48. The van der Waals surface area contributed by atoms with Crippen molar-refractivity contribution in [2.75, 3.05) is 0 Å². The van der Waals surface area contributed by atoms with Gasteiger partial charge in [0.1, 0.15) is 10.5 Å². The van der Waals surface area contributed by atoms with Crippen LogP contribution in [0.1, 0.15) is 29.7 Å². The Morgan fingerprint density at radius 1 is 1.03 bits per heavy atom. The summed E-state index contributed by atoms with van der Waals surface area (Å²) in [6.07, 6.45) is 3.90. The zero-order chi connectivity index (χ0) is 25.2. The van der Waals surface area contributed by atoms with E-state index in [0.717, 1.165) is 16.6 Å². The van der Waals surface area contributed by atoms with Gasteiger partial charge in [0.05, 0.1) is 4.90 Å². The van der Waals surface area contributed by atoms with Crippen LogP contribution in [0.2, 0.25) is 5.02 Å². The fourth-order valence-electron chi connectivity index (χ4n) is 4.78. The van der Waals surface area contributed by atoms with E-state index in [-0.39, 0.29) is 23.4 Å². The summed E-state index contributed by atoms with van der Waals surface area (Å²) in [7, 11) is -8.08. The number of benzene rings is 2. The summed E-state index contributed by atoms with van der Waals surface area (Å²) in [5.74, 6) is 0. The lowest BCUT2D eigenvalue weighted by molar-refractivity contribution is 0.319. The molecule has 1 aromatic heterocycles. The number of nitrogens with zero attached hydrogens (tertiary/aromatic N) is 1. The van der Waals surface area contributed by atoms with Gasteiger partial charge in [0.2, 0.25) is 20.0 Å². The summed E-state index contributed by atoms with van der Waals surface area (Å²) in [6, 6.07) is 11.6. The lowest BCUT2D eigenvalue weighted by Gasteiger charge is -2.31. The summed E-state index contributed by atoms with van der Waals surface area (Å²) in [5.41, 5.74) is 3.74. The second-order valence-electron chi connectivity index (χ2n) is 8.72. The van der Waals surface area contributed by atoms with Crippen LogP contribution in [-0.4, -0.2) is 37.5 Å². The lowest BCUT2D eigenvalue weighted by Crippen LogP contribution is -2.43. The number of rotatable bonds is 5. The molecule has 0 spiro atoms. The molecule has 182 valence electrons. The number of allylic oxidation sites excluding steroid dienone is 3. The predicted octanol–water partition coefficient (Wildman–Crippen LogP) is 3.03. The molecule has 1 heterocycles. The van der Waals surface area contributed by atoms with Crippen molar-refractivity contribution in [3.8, 4) is 0 Å². The molecule has 2 aromatic carbocycles. The van der Waals surface area contributed by atoms with Crippen molar-refractivity contribution in [1.29, 1.82) is 0 Å². The second kappa shape index (κ2) is 8.04. The molecule has 0 bridgehead atoms. The van der Waals surface area contributed by atoms with E-state index in [1.807, 2.05) is 18.2 Å². The van der Waals surface area contributed by atoms with Crippen LogP contribution in [0, 0.1) is 0 Å². The first-order valence-electron chi connectivity index (χ1n) is 10.5. The average molecular weight is 533 g/mol. The summed E-state index contributed by atoms with van der Waals surface area (Å²) in [4.78, 5) is 3.12. The Kier molecular flexibility index (Phi) is 5.46. The van der Waals surface area contributed by atoms with Crippen molar-refractivity contribution in [1.82, 2.24) is 4.98 Å². The largest absolute Gasteiger partial charge is 0.410 e. The number of oxime groups is 1. The summed E-state index contributed by atoms with van der Waals surface area (Å²) >= 11 is 6.06. The van der Waals surface area contributed by atoms with Gasteiger partial charge in [0.25, 0.3) is 0 Å². The Morgan fingerprint density at radius 3 is 2.49 bits per heavy atom. The van der Waals surface area contributed by atoms with Crippen LogP contribution in [0.3, 0.4) is 0 Å². The van der Waals surface area contributed by atoms with Crippen LogP contribution in [0.4, 0.5) is 0 Å². The second-order valence-corrected chi connectivity index (χ2v) is 12.6. The van der Waals surface area contributed by atoms with E-state index in [1.165, 1.54) is 18.2 Å². The van der Waals surface area contributed by atoms with E-state index >= 15 is 0 Å². The monoisotopic (exact) mass is 532 g/mol. The molecule has 1 atom stereocenters. The number of aromatic nitrogens is 1. The Balaban J connectivity index is 1.55. The van der Waals surface area contributed by atoms with E-state index in [9.17, 15) is 22.0 Å². The van der Waals surface area contributed by atoms with Crippen LogP contribution in [0.5, 0.6) is 0 Å². The van der Waals surface area contributed by atoms with Gasteiger partial charge in [-0.25, -0.2) is 27.1 Å². The number of fused-ring (bicyclic) bond motifs is 4. The van der Waals surface area contributed by atoms with Gasteiger partial charge in [-0.2, -0.15) is 0 Å². The first-order chi connectivity index (χ1) is 16.4. The van der Waals surface area contributed by atoms with Crippen LogP contribution < -0.4 is 10.3 Å². The van der Waals surface area contributed by atoms with E-state index in [1.54, 1.807) is 18.2 Å². The molecule has 35 heavy (non-hydrogen) atoms. The Bertz CT molecular complexity index is 1700. The van der Waals surface area contributed by atoms with Crippen LogP contribution in [-0.2, 0) is 26.5 Å². The molecule has 12 heteroatoms. The number of aromatic amines is 1. The average Bonchev–Trinajstić information content (AvgIpc) is 3.33. The number of sulfonamides is 2. The zero-order valence-electron chi connectivity index (χ0n) is 18.2. The summed E-state index contributed by atoms with van der Waals surface area (Å²) < 4.78 is 47.9. The highest BCUT2D eigenvalue weighted by atomic mass is 35.5. The molecular weight excluding hydrogens is 512 g/mol. The third-order valence-corrected chi connectivity index (χ3v) is 9.36. The summed E-state index contributed by atoms with van der Waals surface area (Å²) in [6.45, 7) is 0. The van der Waals surface area contributed by atoms with E-state index in [2.05, 4.69) is 10.1 Å². The minimum absolute atomic E-state index is 0.0599. The zero-order valence-corrected chi connectivity index (χ0v) is 20.6. The number of hydrogen-bond donors (Lipinski definition) is 4. The molecule has 9 nitrogen and oxygen atoms in total. The molecule has 2 aliphatic carbocycles. The molecule has 0 amide bonds. The molecule has 0 saturated carbocycles. The van der Waals surface area contributed by atoms with Gasteiger partial charge in [-0.15, -0.1) is 0 Å². The van der Waals surface area contributed by atoms with Crippen molar-refractivity contribution < 1.29 is 22.0 Å². The van der Waals surface area contributed by atoms with Crippen molar-refractivity contribution >= 4 is 53.8 Å². The van der Waals surface area contributed by atoms with Gasteiger partial charge >= 0.3 is 0 Å². The van der Waals surface area contributed by atoms with Gasteiger partial charge in [0, 0.05) is 32.8 Å². The molecule has 0 aliphatic heterocycles. The number of halogens is 1. The molecule has 3 aromatic rings. The van der Waals surface area contributed by atoms with Crippen molar-refractivity contribution in [3.63, 3.8) is 0 Å². The SMILES string of the molecule is NS(=O)(=O)c1ccc2c(c1)C(=NO)C1=CC(CCc3cc4cc(Cl)ccc4[nH]3)(S(N)(=O)=O)CC=C12. The minimum atomic E-state index is -4.09. The number of primary sulfonamides is 2. The maximum absolute atomic E-state index is 12.9. The van der Waals surface area contributed by atoms with Crippen molar-refractivity contribution in [2.24, 2.45) is 15.4 Å². The standard InChI is InChI=1S/C23H21ClN4O5S2/c24-14-1-4-21-13(9-14)10-15(27-21)5-7-23(35(26,32)33)8-6-18-17-3-2-16(34(25,30)31)11-19(17)22(28-29)20(18)12-23/h1-4,6,9-12,27,29H,5,7-8H2,(H2,25,30,31)(H2,26,32,33). The number of hydrogen-bond acceptors (Lipinski definition) is 6. The Hall–Kier alpha value is -2.96. The lowest BCUT2D eigenvalue weighted by atomic mass is 9.86. The maximum Gasteiger partial charge on any atom is 0.238 e. The molecular formula is C23H21ClN4O5S2. The van der Waals surface area contributed by atoms with Gasteiger partial charge in [-0.05, 0) is 66.8 Å². The highest BCUT2D eigenvalue weighted by molar-refractivity contribution is 7.90. The number of nitrogens with one attached hydrogen (secondary N) is 1. The first kappa shape index (κ1) is 23.8. The topological polar surface area (TPSA) is 169 Å². The predicted molar refractivity (Wildman–Crippen MR) is 134 cm³/mol. The van der Waals surface area contributed by atoms with Gasteiger partial charge in [0.15, 0.2) is 0 Å². The van der Waals surface area contributed by atoms with Gasteiger partial charge in [-0.1, -0.05) is 35.0 Å². The quantitative estimate of drug-likeness (QED) is 0.292. The van der Waals surface area contributed by atoms with Gasteiger partial charge < -0.3 is 10.2 Å². The third kappa shape index (κ3) is 3.99. The smallest absolute Gasteiger partial charge is 0.238 e. The normalized spacial score (nSPS) is 21.1. The highest BCUT2D eigenvalue weighted by Crippen LogP contribution is 2.45. The third-order valence-electron chi connectivity index (χ3n) is 6.59. The van der Waals surface area contributed by atoms with Crippen LogP contribution >= 0.6 is 11.6 Å². The molecule has 1 unspecified atom stereocenters. The van der Waals surface area contributed by atoms with Crippen LogP contribution in [0.15, 0.2) is 70.2 Å². The molecule has 0 radical (unpaired) electrons. The van der Waals surface area contributed by atoms with E-state index in [0.29, 0.717) is 33.7 Å². The van der Waals surface area contributed by atoms with E-state index < -0.39 is 24.8 Å².